The van der Waals surface area contributed by atoms with E-state index in [1.807, 2.05) is 0 Å². The van der Waals surface area contributed by atoms with Crippen LogP contribution in [0.15, 0.2) is 5.16 Å². The van der Waals surface area contributed by atoms with Crippen LogP contribution in [-0.2, 0) is 9.84 Å². The summed E-state index contributed by atoms with van der Waals surface area (Å²) in [5, 5.41) is 15.3. The standard InChI is InChI=1S/C6HF3N4O2S.K.H/c7-6(8,9)16(14,15)5-12-3(1-10)4(2-11)13-5;;/h(H,12,13);;. The number of halogens is 3. The molecule has 0 bridgehead atoms. The summed E-state index contributed by atoms with van der Waals surface area (Å²) in [6.07, 6.45) is 0. The summed E-state index contributed by atoms with van der Waals surface area (Å²) in [7, 11) is -5.67. The van der Waals surface area contributed by atoms with Crippen LogP contribution in [0.4, 0.5) is 13.2 Å². The molecule has 0 atom stereocenters. The van der Waals surface area contributed by atoms with Crippen LogP contribution in [-0.4, -0.2) is 75.3 Å². The van der Waals surface area contributed by atoms with Crippen LogP contribution in [0.3, 0.4) is 0 Å². The molecule has 6 nitrogen and oxygen atoms in total. The average Bonchev–Trinajstić information content (AvgIpc) is 2.59. The Morgan fingerprint density at radius 3 is 2.06 bits per heavy atom. The van der Waals surface area contributed by atoms with E-state index in [1.54, 1.807) is 4.98 Å². The van der Waals surface area contributed by atoms with Crippen LogP contribution in [0, 0.1) is 22.7 Å². The predicted octanol–water partition coefficient (Wildman–Crippen LogP) is -0.202. The van der Waals surface area contributed by atoms with Crippen molar-refractivity contribution in [1.82, 2.24) is 9.97 Å². The summed E-state index contributed by atoms with van der Waals surface area (Å²) in [6.45, 7) is 0. The fourth-order valence-corrected chi connectivity index (χ4v) is 1.42. The van der Waals surface area contributed by atoms with Gasteiger partial charge in [-0.3, -0.25) is 0 Å². The maximum atomic E-state index is 12.1. The van der Waals surface area contributed by atoms with Crippen LogP contribution in [0.1, 0.15) is 11.4 Å². The van der Waals surface area contributed by atoms with Crippen LogP contribution >= 0.6 is 0 Å². The van der Waals surface area contributed by atoms with Crippen molar-refractivity contribution in [1.29, 1.82) is 10.5 Å². The molecule has 0 unspecified atom stereocenters. The van der Waals surface area contributed by atoms with Crippen LogP contribution in [0.25, 0.3) is 0 Å². The van der Waals surface area contributed by atoms with E-state index >= 15 is 0 Å². The third-order valence-electron chi connectivity index (χ3n) is 1.46. The van der Waals surface area contributed by atoms with Gasteiger partial charge in [0.25, 0.3) is 0 Å². The molecule has 0 spiro atoms. The van der Waals surface area contributed by atoms with E-state index in [1.165, 1.54) is 12.1 Å². The third kappa shape index (κ3) is 3.07. The number of hydrogen-bond acceptors (Lipinski definition) is 5. The zero-order chi connectivity index (χ0) is 12.6. The molecule has 1 N–H and O–H groups in total. The molecule has 0 amide bonds. The molecule has 11 heteroatoms. The number of sulfone groups is 1. The fourth-order valence-electron chi connectivity index (χ4n) is 0.750. The normalized spacial score (nSPS) is 11.1. The van der Waals surface area contributed by atoms with Crippen molar-refractivity contribution in [3.8, 4) is 12.1 Å². The van der Waals surface area contributed by atoms with E-state index in [-0.39, 0.29) is 51.4 Å². The van der Waals surface area contributed by atoms with Crippen molar-refractivity contribution < 1.29 is 21.6 Å². The molecule has 0 aliphatic heterocycles. The van der Waals surface area contributed by atoms with E-state index in [0.717, 1.165) is 0 Å². The SMILES string of the molecule is N#Cc1nc(S(=O)(=O)C(F)(F)F)[nH]c1C#N.[KH]. The van der Waals surface area contributed by atoms with Crippen molar-refractivity contribution in [3.05, 3.63) is 11.4 Å². The van der Waals surface area contributed by atoms with Crippen molar-refractivity contribution in [2.45, 2.75) is 10.7 Å². The van der Waals surface area contributed by atoms with E-state index in [2.05, 4.69) is 4.98 Å². The van der Waals surface area contributed by atoms with Crippen LogP contribution < -0.4 is 0 Å². The Kier molecular flexibility index (Phi) is 5.33. The Hall–Kier alpha value is -0.434. The van der Waals surface area contributed by atoms with Crippen molar-refractivity contribution in [2.24, 2.45) is 0 Å². The molecule has 1 rings (SSSR count). The first-order chi connectivity index (χ1) is 7.24. The van der Waals surface area contributed by atoms with Gasteiger partial charge in [-0.25, -0.2) is 13.4 Å². The van der Waals surface area contributed by atoms with Gasteiger partial charge in [0.2, 0.25) is 5.16 Å². The van der Waals surface area contributed by atoms with Gasteiger partial charge in [0.15, 0.2) is 11.4 Å². The van der Waals surface area contributed by atoms with Gasteiger partial charge in [-0.05, 0) is 0 Å². The molecule has 86 valence electrons. The Balaban J connectivity index is 0.00000256. The van der Waals surface area contributed by atoms with Crippen LogP contribution in [0.2, 0.25) is 0 Å². The van der Waals surface area contributed by atoms with E-state index in [9.17, 15) is 21.6 Å². The summed E-state index contributed by atoms with van der Waals surface area (Å²) in [5.41, 5.74) is -6.87. The third-order valence-corrected chi connectivity index (χ3v) is 2.77. The molecule has 0 aliphatic rings. The van der Waals surface area contributed by atoms with E-state index < -0.39 is 31.9 Å². The van der Waals surface area contributed by atoms with Gasteiger partial charge >= 0.3 is 66.7 Å². The van der Waals surface area contributed by atoms with Gasteiger partial charge in [0, 0.05) is 0 Å². The van der Waals surface area contributed by atoms with Crippen molar-refractivity contribution in [3.63, 3.8) is 0 Å². The topological polar surface area (TPSA) is 110 Å². The predicted molar refractivity (Wildman–Crippen MR) is 48.4 cm³/mol. The van der Waals surface area contributed by atoms with E-state index in [4.69, 9.17) is 10.5 Å². The molecule has 0 aliphatic carbocycles. The zero-order valence-corrected chi connectivity index (χ0v) is 8.02. The number of imidazole rings is 1. The number of hydrogen-bond donors (Lipinski definition) is 1. The van der Waals surface area contributed by atoms with Gasteiger partial charge in [-0.15, -0.1) is 0 Å². The second-order valence-corrected chi connectivity index (χ2v) is 4.29. The van der Waals surface area contributed by atoms with Gasteiger partial charge in [0.1, 0.15) is 12.1 Å². The average molecular weight is 290 g/mol. The molecular weight excluding hydrogens is 288 g/mol. The molecule has 0 fully saturated rings. The first-order valence-corrected chi connectivity index (χ1v) is 4.94. The first kappa shape index (κ1) is 16.6. The monoisotopic (exact) mass is 290 g/mol. The Morgan fingerprint density at radius 1 is 1.24 bits per heavy atom. The number of H-pyrrole nitrogens is 1. The second kappa shape index (κ2) is 5.47. The number of nitrogens with zero attached hydrogens (tertiary/aromatic N) is 3. The number of aromatic nitrogens is 2. The molecule has 0 aromatic carbocycles. The number of nitriles is 2. The molecular formula is C6H2F3KN4O2S. The maximum absolute atomic E-state index is 12.1. The molecule has 17 heavy (non-hydrogen) atoms. The van der Waals surface area contributed by atoms with Gasteiger partial charge in [-0.1, -0.05) is 0 Å². The zero-order valence-electron chi connectivity index (χ0n) is 7.20. The molecule has 1 heterocycles. The minimum absolute atomic E-state index is 0. The van der Waals surface area contributed by atoms with Crippen molar-refractivity contribution in [2.75, 3.05) is 0 Å². The second-order valence-electron chi connectivity index (χ2n) is 2.44. The quantitative estimate of drug-likeness (QED) is 0.720. The summed E-state index contributed by atoms with van der Waals surface area (Å²) in [6, 6.07) is 2.61. The fraction of sp³-hybridized carbons (Fsp3) is 0.167. The summed E-state index contributed by atoms with van der Waals surface area (Å²) in [5.74, 6) is 0. The molecule has 1 aromatic rings. The number of rotatable bonds is 1. The Morgan fingerprint density at radius 2 is 1.76 bits per heavy atom. The van der Waals surface area contributed by atoms with Crippen molar-refractivity contribution >= 4 is 61.2 Å². The molecule has 0 saturated carbocycles. The number of aromatic amines is 1. The van der Waals surface area contributed by atoms with Gasteiger partial charge in [-0.2, -0.15) is 23.7 Å². The van der Waals surface area contributed by atoms with Gasteiger partial charge < -0.3 is 4.98 Å². The van der Waals surface area contributed by atoms with Gasteiger partial charge in [0.05, 0.1) is 0 Å². The minimum atomic E-state index is -5.67. The van der Waals surface area contributed by atoms with E-state index in [0.29, 0.717) is 0 Å². The molecule has 1 aromatic heterocycles. The molecule has 0 saturated heterocycles. The summed E-state index contributed by atoms with van der Waals surface area (Å²) >= 11 is 0. The number of nitrogens with one attached hydrogen (secondary N) is 1. The summed E-state index contributed by atoms with van der Waals surface area (Å²) < 4.78 is 57.8. The first-order valence-electron chi connectivity index (χ1n) is 3.45. The van der Waals surface area contributed by atoms with Crippen LogP contribution in [0.5, 0.6) is 0 Å². The Labute approximate surface area is 136 Å². The Bertz CT molecular complexity index is 575. The summed E-state index contributed by atoms with van der Waals surface area (Å²) in [4.78, 5) is 4.52. The molecule has 0 radical (unpaired) electrons. The number of alkyl halides is 3.